The monoisotopic (exact) mass is 278 g/mol. The number of carboxylic acids is 1. The summed E-state index contributed by atoms with van der Waals surface area (Å²) in [5.74, 6) is -1.84. The van der Waals surface area contributed by atoms with Gasteiger partial charge in [-0.1, -0.05) is 0 Å². The predicted molar refractivity (Wildman–Crippen MR) is 66.7 cm³/mol. The number of rotatable bonds is 5. The van der Waals surface area contributed by atoms with Gasteiger partial charge in [0.05, 0.1) is 6.42 Å². The summed E-state index contributed by atoms with van der Waals surface area (Å²) in [5.41, 5.74) is 0.230. The van der Waals surface area contributed by atoms with Crippen molar-refractivity contribution in [3.63, 3.8) is 0 Å². The second-order valence-electron chi connectivity index (χ2n) is 3.92. The molecule has 2 aromatic rings. The quantitative estimate of drug-likeness (QED) is 0.852. The van der Waals surface area contributed by atoms with Crippen LogP contribution >= 0.6 is 0 Å². The molecule has 0 bridgehead atoms. The largest absolute Gasteiger partial charge is 0.481 e. The fourth-order valence-electron chi connectivity index (χ4n) is 1.59. The average Bonchev–Trinajstić information content (AvgIpc) is 2.93. The molecule has 2 N–H and O–H groups in total. The zero-order valence-electron chi connectivity index (χ0n) is 10.3. The van der Waals surface area contributed by atoms with Gasteiger partial charge in [-0.05, 0) is 24.3 Å². The van der Waals surface area contributed by atoms with Crippen LogP contribution in [0.1, 0.15) is 16.8 Å². The van der Waals surface area contributed by atoms with E-state index in [2.05, 4.69) is 15.2 Å². The van der Waals surface area contributed by atoms with E-state index >= 15 is 0 Å². The van der Waals surface area contributed by atoms with E-state index in [4.69, 9.17) is 5.11 Å². The van der Waals surface area contributed by atoms with Gasteiger partial charge < -0.3 is 5.11 Å². The summed E-state index contributed by atoms with van der Waals surface area (Å²) in [4.78, 5) is 27.9. The highest BCUT2D eigenvalue weighted by Gasteiger charge is 2.20. The molecule has 0 fully saturated rings. The first-order valence-electron chi connectivity index (χ1n) is 5.72. The molecule has 104 valence electrons. The lowest BCUT2D eigenvalue weighted by molar-refractivity contribution is -0.136. The fourth-order valence-corrected chi connectivity index (χ4v) is 1.59. The number of hydrogen-bond donors (Lipinski definition) is 2. The molecule has 1 heterocycles. The van der Waals surface area contributed by atoms with E-state index in [9.17, 15) is 14.0 Å². The van der Waals surface area contributed by atoms with E-state index in [1.165, 1.54) is 18.5 Å². The summed E-state index contributed by atoms with van der Waals surface area (Å²) >= 11 is 0. The second-order valence-corrected chi connectivity index (χ2v) is 3.92. The van der Waals surface area contributed by atoms with Gasteiger partial charge in [0.15, 0.2) is 0 Å². The summed E-state index contributed by atoms with van der Waals surface area (Å²) in [6.07, 6.45) is 0.967. The summed E-state index contributed by atoms with van der Waals surface area (Å²) in [6, 6.07) is 4.95. The number of aromatic amines is 1. The van der Waals surface area contributed by atoms with E-state index in [-0.39, 0.29) is 24.5 Å². The van der Waals surface area contributed by atoms with Crippen molar-refractivity contribution < 1.29 is 19.1 Å². The number of anilines is 1. The van der Waals surface area contributed by atoms with Gasteiger partial charge in [0, 0.05) is 12.1 Å². The SMILES string of the molecule is O=C(O)CCN(C(=O)c1ccc(F)cc1)c1ncn[nH]1. The number of nitrogens with zero attached hydrogens (tertiary/aromatic N) is 3. The first-order chi connectivity index (χ1) is 9.58. The Hall–Kier alpha value is -2.77. The number of carbonyl (C=O) groups is 2. The molecule has 0 saturated carbocycles. The number of hydrogen-bond acceptors (Lipinski definition) is 4. The van der Waals surface area contributed by atoms with E-state index in [0.717, 1.165) is 17.0 Å². The Labute approximate surface area is 113 Å². The number of benzene rings is 1. The number of H-pyrrole nitrogens is 1. The molecule has 0 aliphatic heterocycles. The van der Waals surface area contributed by atoms with Crippen LogP contribution < -0.4 is 4.90 Å². The molecule has 20 heavy (non-hydrogen) atoms. The van der Waals surface area contributed by atoms with Crippen LogP contribution in [0.3, 0.4) is 0 Å². The van der Waals surface area contributed by atoms with Crippen LogP contribution in [0.15, 0.2) is 30.6 Å². The second kappa shape index (κ2) is 5.91. The van der Waals surface area contributed by atoms with Crippen molar-refractivity contribution in [1.29, 1.82) is 0 Å². The van der Waals surface area contributed by atoms with Crippen molar-refractivity contribution in [2.45, 2.75) is 6.42 Å². The summed E-state index contributed by atoms with van der Waals surface area (Å²) in [6.45, 7) is -0.0687. The first kappa shape index (κ1) is 13.7. The molecule has 0 unspecified atom stereocenters. The number of amides is 1. The number of aromatic nitrogens is 3. The minimum Gasteiger partial charge on any atom is -0.481 e. The van der Waals surface area contributed by atoms with E-state index in [1.54, 1.807) is 0 Å². The number of nitrogens with one attached hydrogen (secondary N) is 1. The number of halogens is 1. The molecule has 1 amide bonds. The summed E-state index contributed by atoms with van der Waals surface area (Å²) < 4.78 is 12.8. The minimum absolute atomic E-state index is 0.0687. The van der Waals surface area contributed by atoms with Crippen LogP contribution in [0, 0.1) is 5.82 Å². The van der Waals surface area contributed by atoms with E-state index in [1.807, 2.05) is 0 Å². The van der Waals surface area contributed by atoms with Gasteiger partial charge in [-0.25, -0.2) is 9.49 Å². The van der Waals surface area contributed by atoms with Crippen molar-refractivity contribution in [2.75, 3.05) is 11.4 Å². The Morgan fingerprint density at radius 2 is 2.00 bits per heavy atom. The molecule has 0 spiro atoms. The molecule has 2 rings (SSSR count). The maximum atomic E-state index is 12.8. The lowest BCUT2D eigenvalue weighted by atomic mass is 10.2. The molecular formula is C12H11FN4O3. The topological polar surface area (TPSA) is 99.2 Å². The van der Waals surface area contributed by atoms with Crippen LogP contribution in [-0.2, 0) is 4.79 Å². The molecule has 7 nitrogen and oxygen atoms in total. The predicted octanol–water partition coefficient (Wildman–Crippen LogP) is 1.07. The fraction of sp³-hybridized carbons (Fsp3) is 0.167. The lowest BCUT2D eigenvalue weighted by Gasteiger charge is -2.18. The third-order valence-corrected chi connectivity index (χ3v) is 2.54. The third kappa shape index (κ3) is 3.16. The van der Waals surface area contributed by atoms with E-state index in [0.29, 0.717) is 0 Å². The maximum Gasteiger partial charge on any atom is 0.305 e. The molecule has 1 aromatic heterocycles. The van der Waals surface area contributed by atoms with Crippen molar-refractivity contribution in [3.8, 4) is 0 Å². The van der Waals surface area contributed by atoms with Crippen LogP contribution in [0.25, 0.3) is 0 Å². The van der Waals surface area contributed by atoms with Gasteiger partial charge >= 0.3 is 5.97 Å². The molecule has 0 aliphatic carbocycles. The van der Waals surface area contributed by atoms with Crippen LogP contribution in [0.4, 0.5) is 10.3 Å². The number of carboxylic acid groups (broad SMARTS) is 1. The molecule has 0 atom stereocenters. The van der Waals surface area contributed by atoms with Gasteiger partial charge in [-0.3, -0.25) is 14.5 Å². The maximum absolute atomic E-state index is 12.8. The van der Waals surface area contributed by atoms with Gasteiger partial charge in [-0.15, -0.1) is 0 Å². The Morgan fingerprint density at radius 1 is 1.30 bits per heavy atom. The van der Waals surface area contributed by atoms with Crippen LogP contribution in [0.2, 0.25) is 0 Å². The Bertz CT molecular complexity index is 598. The Kier molecular flexibility index (Phi) is 4.04. The molecule has 0 radical (unpaired) electrons. The number of aliphatic carboxylic acids is 1. The Morgan fingerprint density at radius 3 is 2.55 bits per heavy atom. The van der Waals surface area contributed by atoms with Gasteiger partial charge in [0.2, 0.25) is 5.95 Å². The molecule has 0 saturated heterocycles. The highest BCUT2D eigenvalue weighted by molar-refractivity contribution is 6.05. The number of carbonyl (C=O) groups excluding carboxylic acids is 1. The first-order valence-corrected chi connectivity index (χ1v) is 5.72. The highest BCUT2D eigenvalue weighted by Crippen LogP contribution is 2.12. The molecule has 0 aliphatic rings. The van der Waals surface area contributed by atoms with Crippen molar-refractivity contribution >= 4 is 17.8 Å². The van der Waals surface area contributed by atoms with Gasteiger partial charge in [0.25, 0.3) is 5.91 Å². The van der Waals surface area contributed by atoms with Crippen molar-refractivity contribution in [3.05, 3.63) is 42.0 Å². The minimum atomic E-state index is -1.04. The van der Waals surface area contributed by atoms with Crippen molar-refractivity contribution in [2.24, 2.45) is 0 Å². The zero-order valence-corrected chi connectivity index (χ0v) is 10.3. The molecule has 1 aromatic carbocycles. The van der Waals surface area contributed by atoms with Gasteiger partial charge in [-0.2, -0.15) is 10.1 Å². The standard InChI is InChI=1S/C12H11FN4O3/c13-9-3-1-8(2-4-9)11(20)17(6-5-10(18)19)12-14-7-15-16-12/h1-4,7H,5-6H2,(H,18,19)(H,14,15,16). The van der Waals surface area contributed by atoms with E-state index < -0.39 is 17.7 Å². The highest BCUT2D eigenvalue weighted by atomic mass is 19.1. The summed E-state index contributed by atoms with van der Waals surface area (Å²) in [7, 11) is 0. The third-order valence-electron chi connectivity index (χ3n) is 2.54. The normalized spacial score (nSPS) is 10.2. The smallest absolute Gasteiger partial charge is 0.305 e. The summed E-state index contributed by atoms with van der Waals surface area (Å²) in [5, 5.41) is 14.8. The zero-order chi connectivity index (χ0) is 14.5. The Balaban J connectivity index is 2.23. The van der Waals surface area contributed by atoms with Gasteiger partial charge in [0.1, 0.15) is 12.1 Å². The lowest BCUT2D eigenvalue weighted by Crippen LogP contribution is -2.34. The van der Waals surface area contributed by atoms with Crippen LogP contribution in [-0.4, -0.2) is 38.7 Å². The molecular weight excluding hydrogens is 267 g/mol. The van der Waals surface area contributed by atoms with Crippen molar-refractivity contribution in [1.82, 2.24) is 15.2 Å². The molecule has 8 heteroatoms. The average molecular weight is 278 g/mol. The van der Waals surface area contributed by atoms with Crippen LogP contribution in [0.5, 0.6) is 0 Å².